The molecule has 2 aromatic rings. The monoisotopic (exact) mass is 363 g/mol. The number of anilines is 2. The molecule has 140 valence electrons. The van der Waals surface area contributed by atoms with Gasteiger partial charge < -0.3 is 20.3 Å². The maximum atomic E-state index is 12.5. The van der Waals surface area contributed by atoms with Crippen LogP contribution < -0.4 is 10.6 Å². The first-order valence-electron chi connectivity index (χ1n) is 9.58. The Kier molecular flexibility index (Phi) is 4.86. The topological polar surface area (TPSA) is 53.6 Å². The van der Waals surface area contributed by atoms with Crippen molar-refractivity contribution >= 4 is 28.6 Å². The molecule has 0 spiro atoms. The molecular formula is C22H25N3O2. The third kappa shape index (κ3) is 3.30. The van der Waals surface area contributed by atoms with Gasteiger partial charge in [-0.2, -0.15) is 0 Å². The molecule has 0 aromatic heterocycles. The Hall–Kier alpha value is -2.79. The molecule has 2 N–H and O–H groups in total. The van der Waals surface area contributed by atoms with Crippen molar-refractivity contribution < 1.29 is 9.53 Å². The second kappa shape index (κ2) is 7.45. The van der Waals surface area contributed by atoms with Gasteiger partial charge in [-0.3, -0.25) is 4.79 Å². The molecule has 0 atom stereocenters. The highest BCUT2D eigenvalue weighted by Gasteiger charge is 2.32. The van der Waals surface area contributed by atoms with Crippen LogP contribution in [0.3, 0.4) is 0 Å². The van der Waals surface area contributed by atoms with Gasteiger partial charge in [0.2, 0.25) is 0 Å². The van der Waals surface area contributed by atoms with E-state index >= 15 is 0 Å². The molecular weight excluding hydrogens is 338 g/mol. The maximum Gasteiger partial charge on any atom is 0.260 e. The lowest BCUT2D eigenvalue weighted by Gasteiger charge is -2.18. The third-order valence-electron chi connectivity index (χ3n) is 5.27. The number of hydrogen-bond acceptors (Lipinski definition) is 4. The predicted octanol–water partition coefficient (Wildman–Crippen LogP) is 3.79. The largest absolute Gasteiger partial charge is 0.487 e. The lowest BCUT2D eigenvalue weighted by molar-refractivity contribution is -0.110. The van der Waals surface area contributed by atoms with Crippen LogP contribution in [0.2, 0.25) is 0 Å². The standard InChI is InChI=1S/C22H25N3O2/c1-3-25(4-2)12-11-23-16-9-10-17-15(13-16)14-27-21(17)20-18-7-5-6-8-19(18)24-22(20)26/h5-10,13,23H,3-4,11-12,14H2,1-2H3,(H,24,26)/b21-20+. The number of amides is 1. The Bertz CT molecular complexity index is 900. The van der Waals surface area contributed by atoms with E-state index in [4.69, 9.17) is 4.74 Å². The molecule has 1 amide bonds. The zero-order valence-corrected chi connectivity index (χ0v) is 15.8. The normalized spacial score (nSPS) is 17.5. The lowest BCUT2D eigenvalue weighted by atomic mass is 10.0. The maximum absolute atomic E-state index is 12.5. The van der Waals surface area contributed by atoms with Crippen molar-refractivity contribution in [3.8, 4) is 0 Å². The highest BCUT2D eigenvalue weighted by atomic mass is 16.5. The van der Waals surface area contributed by atoms with Crippen molar-refractivity contribution in [1.82, 2.24) is 4.90 Å². The summed E-state index contributed by atoms with van der Waals surface area (Å²) in [5.41, 5.74) is 5.59. The van der Waals surface area contributed by atoms with E-state index in [9.17, 15) is 4.79 Å². The Morgan fingerprint density at radius 1 is 1.11 bits per heavy atom. The van der Waals surface area contributed by atoms with E-state index in [2.05, 4.69) is 47.6 Å². The van der Waals surface area contributed by atoms with Gasteiger partial charge in [0.05, 0.1) is 5.57 Å². The zero-order chi connectivity index (χ0) is 18.8. The number of nitrogens with one attached hydrogen (secondary N) is 2. The summed E-state index contributed by atoms with van der Waals surface area (Å²) in [5.74, 6) is 0.586. The van der Waals surface area contributed by atoms with Crippen molar-refractivity contribution in [2.45, 2.75) is 20.5 Å². The molecule has 0 fully saturated rings. The quantitative estimate of drug-likeness (QED) is 0.767. The van der Waals surface area contributed by atoms with E-state index in [0.29, 0.717) is 17.9 Å². The molecule has 5 heteroatoms. The van der Waals surface area contributed by atoms with Crippen LogP contribution in [0.4, 0.5) is 11.4 Å². The van der Waals surface area contributed by atoms with Crippen LogP contribution in [0.5, 0.6) is 0 Å². The highest BCUT2D eigenvalue weighted by molar-refractivity contribution is 6.36. The van der Waals surface area contributed by atoms with Crippen LogP contribution in [-0.4, -0.2) is 37.0 Å². The van der Waals surface area contributed by atoms with Crippen molar-refractivity contribution in [2.24, 2.45) is 0 Å². The van der Waals surface area contributed by atoms with Crippen LogP contribution in [0.25, 0.3) is 11.3 Å². The number of fused-ring (bicyclic) bond motifs is 2. The van der Waals surface area contributed by atoms with E-state index in [1.54, 1.807) is 0 Å². The van der Waals surface area contributed by atoms with E-state index in [0.717, 1.165) is 54.2 Å². The van der Waals surface area contributed by atoms with Gasteiger partial charge in [-0.1, -0.05) is 32.0 Å². The van der Waals surface area contributed by atoms with Gasteiger partial charge in [0, 0.05) is 41.2 Å². The Morgan fingerprint density at radius 3 is 2.74 bits per heavy atom. The minimum absolute atomic E-state index is 0.0968. The summed E-state index contributed by atoms with van der Waals surface area (Å²) in [6, 6.07) is 14.0. The summed E-state index contributed by atoms with van der Waals surface area (Å²) in [7, 11) is 0. The van der Waals surface area contributed by atoms with Gasteiger partial charge in [0.1, 0.15) is 12.4 Å². The molecule has 4 rings (SSSR count). The first-order chi connectivity index (χ1) is 13.2. The highest BCUT2D eigenvalue weighted by Crippen LogP contribution is 2.41. The number of carbonyl (C=O) groups excluding carboxylic acids is 1. The van der Waals surface area contributed by atoms with Crippen LogP contribution in [0.1, 0.15) is 30.5 Å². The number of likely N-dealkylation sites (N-methyl/N-ethyl adjacent to an activating group) is 1. The Balaban J connectivity index is 1.56. The Morgan fingerprint density at radius 2 is 1.93 bits per heavy atom. The number of nitrogens with zero attached hydrogens (tertiary/aromatic N) is 1. The molecule has 2 aliphatic rings. The fourth-order valence-electron chi connectivity index (χ4n) is 3.72. The summed E-state index contributed by atoms with van der Waals surface area (Å²) >= 11 is 0. The number of hydrogen-bond donors (Lipinski definition) is 2. The van der Waals surface area contributed by atoms with Gasteiger partial charge in [-0.05, 0) is 37.4 Å². The fourth-order valence-corrected chi connectivity index (χ4v) is 3.72. The first kappa shape index (κ1) is 17.6. The SMILES string of the molecule is CCN(CC)CCNc1ccc2c(c1)CO/C2=C1/C(=O)Nc2ccccc21. The number of para-hydroxylation sites is 1. The molecule has 2 heterocycles. The average molecular weight is 363 g/mol. The van der Waals surface area contributed by atoms with E-state index in [1.165, 1.54) is 0 Å². The Labute approximate surface area is 160 Å². The zero-order valence-electron chi connectivity index (χ0n) is 15.8. The molecule has 0 unspecified atom stereocenters. The predicted molar refractivity (Wildman–Crippen MR) is 109 cm³/mol. The molecule has 5 nitrogen and oxygen atoms in total. The lowest BCUT2D eigenvalue weighted by Crippen LogP contribution is -2.28. The first-order valence-corrected chi connectivity index (χ1v) is 9.58. The molecule has 0 saturated heterocycles. The number of rotatable bonds is 6. The third-order valence-corrected chi connectivity index (χ3v) is 5.27. The molecule has 0 aliphatic carbocycles. The molecule has 27 heavy (non-hydrogen) atoms. The molecule has 0 saturated carbocycles. The number of carbonyl (C=O) groups is 1. The number of ether oxygens (including phenoxy) is 1. The van der Waals surface area contributed by atoms with Crippen molar-refractivity contribution in [3.05, 3.63) is 59.2 Å². The van der Waals surface area contributed by atoms with Crippen LogP contribution in [0, 0.1) is 0 Å². The second-order valence-electron chi connectivity index (χ2n) is 6.82. The van der Waals surface area contributed by atoms with Gasteiger partial charge in [-0.25, -0.2) is 0 Å². The summed E-state index contributed by atoms with van der Waals surface area (Å²) in [6.07, 6.45) is 0. The average Bonchev–Trinajstić information content (AvgIpc) is 3.24. The van der Waals surface area contributed by atoms with Crippen LogP contribution in [-0.2, 0) is 16.1 Å². The molecule has 0 radical (unpaired) electrons. The van der Waals surface area contributed by atoms with Crippen molar-refractivity contribution in [2.75, 3.05) is 36.8 Å². The van der Waals surface area contributed by atoms with E-state index in [1.807, 2.05) is 24.3 Å². The van der Waals surface area contributed by atoms with Crippen molar-refractivity contribution in [1.29, 1.82) is 0 Å². The van der Waals surface area contributed by atoms with Gasteiger partial charge in [-0.15, -0.1) is 0 Å². The smallest absolute Gasteiger partial charge is 0.260 e. The van der Waals surface area contributed by atoms with Gasteiger partial charge in [0.25, 0.3) is 5.91 Å². The minimum Gasteiger partial charge on any atom is -0.487 e. The molecule has 2 aliphatic heterocycles. The van der Waals surface area contributed by atoms with E-state index in [-0.39, 0.29) is 5.91 Å². The van der Waals surface area contributed by atoms with Gasteiger partial charge >= 0.3 is 0 Å². The summed E-state index contributed by atoms with van der Waals surface area (Å²) in [6.45, 7) is 8.92. The van der Waals surface area contributed by atoms with Gasteiger partial charge in [0.15, 0.2) is 0 Å². The molecule has 0 bridgehead atoms. The van der Waals surface area contributed by atoms with E-state index < -0.39 is 0 Å². The summed E-state index contributed by atoms with van der Waals surface area (Å²) < 4.78 is 5.95. The molecule has 2 aromatic carbocycles. The summed E-state index contributed by atoms with van der Waals surface area (Å²) in [5, 5.41) is 6.41. The van der Waals surface area contributed by atoms with Crippen LogP contribution >= 0.6 is 0 Å². The number of benzene rings is 2. The summed E-state index contributed by atoms with van der Waals surface area (Å²) in [4.78, 5) is 14.9. The van der Waals surface area contributed by atoms with Crippen LogP contribution in [0.15, 0.2) is 42.5 Å². The minimum atomic E-state index is -0.0968. The second-order valence-corrected chi connectivity index (χ2v) is 6.82. The fraction of sp³-hybridized carbons (Fsp3) is 0.318. The van der Waals surface area contributed by atoms with Crippen molar-refractivity contribution in [3.63, 3.8) is 0 Å².